The van der Waals surface area contributed by atoms with Gasteiger partial charge in [-0.1, -0.05) is 0 Å². The van der Waals surface area contributed by atoms with E-state index in [4.69, 9.17) is 14.6 Å². The molecule has 0 aliphatic rings. The van der Waals surface area contributed by atoms with Crippen molar-refractivity contribution in [3.05, 3.63) is 0 Å². The van der Waals surface area contributed by atoms with E-state index in [0.717, 1.165) is 12.1 Å². The lowest BCUT2D eigenvalue weighted by Crippen LogP contribution is -2.47. The lowest BCUT2D eigenvalue weighted by Gasteiger charge is -2.17. The minimum atomic E-state index is -3.98. The van der Waals surface area contributed by atoms with Gasteiger partial charge in [0.1, 0.15) is 0 Å². The Kier molecular flexibility index (Phi) is 11.1. The van der Waals surface area contributed by atoms with Crippen LogP contribution in [0.3, 0.4) is 0 Å². The Balaban J connectivity index is 4.13. The van der Waals surface area contributed by atoms with Gasteiger partial charge < -0.3 is 9.47 Å². The molecule has 0 saturated carbocycles. The molecule has 5 N–H and O–H groups in total. The Hall–Kier alpha value is -0.920. The lowest BCUT2D eigenvalue weighted by molar-refractivity contribution is -0.144. The van der Waals surface area contributed by atoms with Gasteiger partial charge in [0.15, 0.2) is 0 Å². The van der Waals surface area contributed by atoms with Crippen molar-refractivity contribution in [2.24, 2.45) is 5.14 Å². The minimum absolute atomic E-state index is 0.160. The summed E-state index contributed by atoms with van der Waals surface area (Å²) in [4.78, 5) is 22.4. The zero-order valence-electron chi connectivity index (χ0n) is 12.5. The Labute approximate surface area is 134 Å². The maximum Gasteiger partial charge on any atom is 0.308 e. The molecule has 0 unspecified atom stereocenters. The summed E-state index contributed by atoms with van der Waals surface area (Å²) in [6, 6.07) is 0. The van der Waals surface area contributed by atoms with Crippen molar-refractivity contribution >= 4 is 34.3 Å². The smallest absolute Gasteiger partial charge is 0.308 e. The number of nitrogens with one attached hydrogen (secondary N) is 3. The summed E-state index contributed by atoms with van der Waals surface area (Å²) in [7, 11) is -3.98. The predicted octanol–water partition coefficient (Wildman–Crippen LogP) is -1.25. The van der Waals surface area contributed by atoms with E-state index in [9.17, 15) is 18.0 Å². The minimum Gasteiger partial charge on any atom is -0.466 e. The van der Waals surface area contributed by atoms with Crippen molar-refractivity contribution in [2.75, 3.05) is 19.8 Å². The Morgan fingerprint density at radius 2 is 1.77 bits per heavy atom. The summed E-state index contributed by atoms with van der Waals surface area (Å²) in [5.74, 6) is -0.926. The fourth-order valence-corrected chi connectivity index (χ4v) is 2.43. The lowest BCUT2D eigenvalue weighted by atomic mass is 10.4. The molecular weight excluding hydrogens is 336 g/mol. The second-order valence-corrected chi connectivity index (χ2v) is 5.95. The van der Waals surface area contributed by atoms with Crippen molar-refractivity contribution in [2.45, 2.75) is 32.9 Å². The molecule has 0 fully saturated rings. The summed E-state index contributed by atoms with van der Waals surface area (Å²) in [5.41, 5.74) is 0. The molecule has 130 valence electrons. The van der Waals surface area contributed by atoms with E-state index in [1.165, 1.54) is 0 Å². The van der Waals surface area contributed by atoms with Gasteiger partial charge in [0.05, 0.1) is 32.2 Å². The van der Waals surface area contributed by atoms with E-state index >= 15 is 0 Å². The number of ether oxygens (including phenoxy) is 2. The molecule has 0 aromatic heterocycles. The van der Waals surface area contributed by atoms with Gasteiger partial charge in [-0.15, -0.1) is 0 Å². The third-order valence-corrected chi connectivity index (χ3v) is 3.36. The van der Waals surface area contributed by atoms with Crippen LogP contribution in [0.15, 0.2) is 0 Å². The van der Waals surface area contributed by atoms with Crippen LogP contribution in [0.5, 0.6) is 0 Å². The maximum absolute atomic E-state index is 11.4. The van der Waals surface area contributed by atoms with Crippen molar-refractivity contribution in [1.29, 1.82) is 0 Å². The zero-order valence-corrected chi connectivity index (χ0v) is 14.1. The molecule has 0 spiro atoms. The number of rotatable bonds is 12. The van der Waals surface area contributed by atoms with Crippen molar-refractivity contribution in [1.82, 2.24) is 14.2 Å². The molecule has 0 amide bonds. The van der Waals surface area contributed by atoms with Gasteiger partial charge in [-0.05, 0) is 13.8 Å². The Morgan fingerprint density at radius 3 is 2.32 bits per heavy atom. The quantitative estimate of drug-likeness (QED) is 0.145. The van der Waals surface area contributed by atoms with E-state index in [-0.39, 0.29) is 25.4 Å². The van der Waals surface area contributed by atoms with E-state index in [0.29, 0.717) is 13.2 Å². The highest BCUT2D eigenvalue weighted by Gasteiger charge is 2.18. The molecule has 0 aromatic rings. The van der Waals surface area contributed by atoms with Gasteiger partial charge in [0, 0.05) is 18.7 Å². The van der Waals surface area contributed by atoms with E-state index in [2.05, 4.69) is 14.2 Å². The SMILES string of the molecule is CCOC(=O)CCNSN[C@@H](CC(=O)OCC)NS(N)(=O)=O. The normalized spacial score (nSPS) is 12.7. The highest BCUT2D eigenvalue weighted by molar-refractivity contribution is 7.95. The molecular formula is C10H22N4O6S2. The van der Waals surface area contributed by atoms with Gasteiger partial charge >= 0.3 is 11.9 Å². The van der Waals surface area contributed by atoms with Crippen molar-refractivity contribution in [3.63, 3.8) is 0 Å². The molecule has 1 atom stereocenters. The zero-order chi connectivity index (χ0) is 17.0. The molecule has 0 rings (SSSR count). The summed E-state index contributed by atoms with van der Waals surface area (Å²) in [6.07, 6.45) is -1.03. The van der Waals surface area contributed by atoms with E-state index in [1.54, 1.807) is 13.8 Å². The third-order valence-electron chi connectivity index (χ3n) is 1.99. The van der Waals surface area contributed by atoms with Crippen LogP contribution in [0.25, 0.3) is 0 Å². The first-order chi connectivity index (χ1) is 10.3. The van der Waals surface area contributed by atoms with Crippen LogP contribution < -0.4 is 19.3 Å². The summed E-state index contributed by atoms with van der Waals surface area (Å²) in [6.45, 7) is 4.15. The maximum atomic E-state index is 11.4. The fourth-order valence-electron chi connectivity index (χ4n) is 1.24. The van der Waals surface area contributed by atoms with Gasteiger partial charge in [-0.3, -0.25) is 14.3 Å². The largest absolute Gasteiger partial charge is 0.466 e. The number of nitrogens with two attached hydrogens (primary N) is 1. The van der Waals surface area contributed by atoms with Crippen LogP contribution >= 0.6 is 12.1 Å². The average molecular weight is 358 g/mol. The predicted molar refractivity (Wildman–Crippen MR) is 81.3 cm³/mol. The number of carbonyl (C=O) groups is 2. The molecule has 0 bridgehead atoms. The first kappa shape index (κ1) is 21.1. The summed E-state index contributed by atoms with van der Waals surface area (Å²) >= 11 is 0.924. The number of esters is 2. The van der Waals surface area contributed by atoms with Crippen LogP contribution in [0.1, 0.15) is 26.7 Å². The molecule has 0 radical (unpaired) electrons. The van der Waals surface area contributed by atoms with Gasteiger partial charge in [0.25, 0.3) is 10.2 Å². The standard InChI is InChI=1S/C10H22N4O6S2/c1-3-19-9(15)5-6-12-21-13-8(14-22(11,17)18)7-10(16)20-4-2/h8,12-14H,3-7H2,1-2H3,(H2,11,17,18)/t8-/m1/s1. The van der Waals surface area contributed by atoms with Crippen molar-refractivity contribution < 1.29 is 27.5 Å². The molecule has 10 nitrogen and oxygen atoms in total. The highest BCUT2D eigenvalue weighted by atomic mass is 32.2. The average Bonchev–Trinajstić information content (AvgIpc) is 2.36. The molecule has 22 heavy (non-hydrogen) atoms. The highest BCUT2D eigenvalue weighted by Crippen LogP contribution is 1.99. The summed E-state index contributed by atoms with van der Waals surface area (Å²) in [5, 5.41) is 4.87. The van der Waals surface area contributed by atoms with Crippen LogP contribution in [-0.4, -0.2) is 46.3 Å². The molecule has 0 saturated heterocycles. The first-order valence-corrected chi connectivity index (χ1v) is 8.90. The molecule has 0 aliphatic heterocycles. The first-order valence-electron chi connectivity index (χ1n) is 6.54. The second-order valence-electron chi connectivity index (χ2n) is 3.89. The Morgan fingerprint density at radius 1 is 1.18 bits per heavy atom. The monoisotopic (exact) mass is 358 g/mol. The third kappa shape index (κ3) is 12.8. The van der Waals surface area contributed by atoms with Crippen LogP contribution in [-0.2, 0) is 29.3 Å². The van der Waals surface area contributed by atoms with E-state index < -0.39 is 22.3 Å². The fraction of sp³-hybridized carbons (Fsp3) is 0.800. The topological polar surface area (TPSA) is 149 Å². The van der Waals surface area contributed by atoms with Crippen LogP contribution in [0, 0.1) is 0 Å². The second kappa shape index (κ2) is 11.6. The molecule has 0 heterocycles. The van der Waals surface area contributed by atoms with Gasteiger partial charge in [-0.2, -0.15) is 13.1 Å². The number of carbonyl (C=O) groups excluding carboxylic acids is 2. The van der Waals surface area contributed by atoms with Gasteiger partial charge in [-0.25, -0.2) is 9.86 Å². The van der Waals surface area contributed by atoms with Crippen LogP contribution in [0.2, 0.25) is 0 Å². The molecule has 12 heteroatoms. The van der Waals surface area contributed by atoms with Gasteiger partial charge in [0.2, 0.25) is 0 Å². The van der Waals surface area contributed by atoms with E-state index in [1.807, 2.05) is 0 Å². The van der Waals surface area contributed by atoms with Crippen molar-refractivity contribution in [3.8, 4) is 0 Å². The summed E-state index contributed by atoms with van der Waals surface area (Å²) < 4.78 is 39.0. The molecule has 0 aliphatic carbocycles. The van der Waals surface area contributed by atoms with Crippen LogP contribution in [0.4, 0.5) is 0 Å². The number of hydrogen-bond donors (Lipinski definition) is 4. The molecule has 0 aromatic carbocycles. The Bertz CT molecular complexity index is 445. The number of hydrogen-bond acceptors (Lipinski definition) is 9.